The first-order valence-corrected chi connectivity index (χ1v) is 9.12. The van der Waals surface area contributed by atoms with Gasteiger partial charge in [0.25, 0.3) is 0 Å². The Morgan fingerprint density at radius 2 is 2.07 bits per heavy atom. The summed E-state index contributed by atoms with van der Waals surface area (Å²) in [6, 6.07) is 15.3. The van der Waals surface area contributed by atoms with Gasteiger partial charge in [0, 0.05) is 0 Å². The number of hydrogen-bond donors (Lipinski definition) is 0. The van der Waals surface area contributed by atoms with Gasteiger partial charge in [-0.1, -0.05) is 36.4 Å². The maximum Gasteiger partial charge on any atom is 0.411 e. The summed E-state index contributed by atoms with van der Waals surface area (Å²) in [6.45, 7) is 0.970. The number of hydrogen-bond acceptors (Lipinski definition) is 4. The lowest BCUT2D eigenvalue weighted by atomic mass is 9.89. The van der Waals surface area contributed by atoms with E-state index in [-0.39, 0.29) is 30.3 Å². The Morgan fingerprint density at radius 3 is 2.82 bits per heavy atom. The van der Waals surface area contributed by atoms with E-state index < -0.39 is 5.82 Å². The molecule has 2 atom stereocenters. The number of carbonyl (C=O) groups excluding carboxylic acids is 1. The van der Waals surface area contributed by atoms with E-state index in [1.165, 1.54) is 12.1 Å². The van der Waals surface area contributed by atoms with Crippen LogP contribution in [-0.2, 0) is 16.1 Å². The third-order valence-electron chi connectivity index (χ3n) is 5.01. The number of fused-ring (bicyclic) bond motifs is 2. The van der Waals surface area contributed by atoms with Crippen molar-refractivity contribution in [3.05, 3.63) is 77.1 Å². The quantitative estimate of drug-likeness (QED) is 0.813. The molecule has 0 N–H and O–H groups in total. The molecule has 0 radical (unpaired) electrons. The van der Waals surface area contributed by atoms with Gasteiger partial charge in [-0.2, -0.15) is 5.26 Å². The summed E-state index contributed by atoms with van der Waals surface area (Å²) in [7, 11) is 0. The Morgan fingerprint density at radius 1 is 1.25 bits per heavy atom. The average molecular weight is 378 g/mol. The standard InChI is InChI=1S/C22H19FN2O3/c23-19-7-16(11-24)6-17(8-19)18-9-20-13-27-14-21(10-18)25(20)22(26)28-12-15-4-2-1-3-5-15/h1-9,20-21H,10,12-14H2. The second-order valence-corrected chi connectivity index (χ2v) is 6.94. The fourth-order valence-electron chi connectivity index (χ4n) is 3.73. The molecule has 6 heteroatoms. The van der Waals surface area contributed by atoms with Gasteiger partial charge in [0.15, 0.2) is 0 Å². The zero-order valence-electron chi connectivity index (χ0n) is 15.2. The van der Waals surface area contributed by atoms with E-state index >= 15 is 0 Å². The summed E-state index contributed by atoms with van der Waals surface area (Å²) < 4.78 is 25.0. The molecule has 4 rings (SSSR count). The molecule has 2 unspecified atom stereocenters. The molecular weight excluding hydrogens is 359 g/mol. The monoisotopic (exact) mass is 378 g/mol. The van der Waals surface area contributed by atoms with E-state index in [4.69, 9.17) is 14.7 Å². The molecule has 1 amide bonds. The Labute approximate surface area is 162 Å². The highest BCUT2D eigenvalue weighted by atomic mass is 19.1. The summed E-state index contributed by atoms with van der Waals surface area (Å²) >= 11 is 0. The number of nitrogens with zero attached hydrogens (tertiary/aromatic N) is 2. The van der Waals surface area contributed by atoms with E-state index in [0.717, 1.165) is 11.1 Å². The van der Waals surface area contributed by atoms with Crippen LogP contribution in [0.25, 0.3) is 5.57 Å². The normalized spacial score (nSPS) is 20.9. The molecule has 2 heterocycles. The molecule has 2 aliphatic heterocycles. The lowest BCUT2D eigenvalue weighted by Gasteiger charge is -2.43. The zero-order valence-corrected chi connectivity index (χ0v) is 15.2. The number of benzene rings is 2. The van der Waals surface area contributed by atoms with Crippen LogP contribution < -0.4 is 0 Å². The minimum absolute atomic E-state index is 0.184. The van der Waals surface area contributed by atoms with Crippen LogP contribution in [0.5, 0.6) is 0 Å². The maximum absolute atomic E-state index is 13.8. The predicted molar refractivity (Wildman–Crippen MR) is 101 cm³/mol. The van der Waals surface area contributed by atoms with Crippen LogP contribution in [0.4, 0.5) is 9.18 Å². The lowest BCUT2D eigenvalue weighted by Crippen LogP contribution is -2.56. The molecule has 1 fully saturated rings. The highest BCUT2D eigenvalue weighted by molar-refractivity contribution is 5.75. The summed E-state index contributed by atoms with van der Waals surface area (Å²) in [5.41, 5.74) is 2.79. The summed E-state index contributed by atoms with van der Waals surface area (Å²) in [6.07, 6.45) is 2.05. The van der Waals surface area contributed by atoms with Crippen molar-refractivity contribution in [2.24, 2.45) is 0 Å². The van der Waals surface area contributed by atoms with Gasteiger partial charge in [-0.05, 0) is 41.3 Å². The summed E-state index contributed by atoms with van der Waals surface area (Å²) in [5.74, 6) is -0.443. The van der Waals surface area contributed by atoms with Gasteiger partial charge in [0.1, 0.15) is 12.4 Å². The SMILES string of the molecule is N#Cc1cc(F)cc(C2=CC3COCC(C2)N3C(=O)OCc2ccccc2)c1. The van der Waals surface area contributed by atoms with Crippen LogP contribution in [0, 0.1) is 17.1 Å². The number of carbonyl (C=O) groups is 1. The molecule has 0 aliphatic carbocycles. The smallest absolute Gasteiger partial charge is 0.411 e. The number of ether oxygens (including phenoxy) is 2. The molecule has 142 valence electrons. The fraction of sp³-hybridized carbons (Fsp3) is 0.273. The molecule has 1 saturated heterocycles. The fourth-order valence-corrected chi connectivity index (χ4v) is 3.73. The first-order valence-electron chi connectivity index (χ1n) is 9.12. The average Bonchev–Trinajstić information content (AvgIpc) is 2.71. The third kappa shape index (κ3) is 3.75. The number of halogens is 1. The van der Waals surface area contributed by atoms with Crippen LogP contribution in [0.3, 0.4) is 0 Å². The van der Waals surface area contributed by atoms with Crippen molar-refractivity contribution in [2.75, 3.05) is 13.2 Å². The molecule has 2 aliphatic rings. The number of amides is 1. The number of nitriles is 1. The van der Waals surface area contributed by atoms with Crippen LogP contribution in [0.2, 0.25) is 0 Å². The number of morpholine rings is 1. The van der Waals surface area contributed by atoms with Crippen LogP contribution >= 0.6 is 0 Å². The van der Waals surface area contributed by atoms with E-state index in [0.29, 0.717) is 25.2 Å². The molecule has 5 nitrogen and oxygen atoms in total. The van der Waals surface area contributed by atoms with E-state index in [1.54, 1.807) is 11.0 Å². The molecule has 2 bridgehead atoms. The molecule has 2 aromatic carbocycles. The molecule has 28 heavy (non-hydrogen) atoms. The van der Waals surface area contributed by atoms with Crippen molar-refractivity contribution in [1.29, 1.82) is 5.26 Å². The maximum atomic E-state index is 13.8. The minimum Gasteiger partial charge on any atom is -0.445 e. The number of rotatable bonds is 3. The van der Waals surface area contributed by atoms with Gasteiger partial charge in [-0.15, -0.1) is 0 Å². The molecule has 0 spiro atoms. The predicted octanol–water partition coefficient (Wildman–Crippen LogP) is 3.89. The lowest BCUT2D eigenvalue weighted by molar-refractivity contribution is -0.0342. The van der Waals surface area contributed by atoms with Crippen LogP contribution in [0.1, 0.15) is 23.1 Å². The Hall–Kier alpha value is -3.17. The molecule has 0 saturated carbocycles. The van der Waals surface area contributed by atoms with Gasteiger partial charge in [0.05, 0.1) is 36.9 Å². The first-order chi connectivity index (χ1) is 13.6. The Bertz CT molecular complexity index is 952. The van der Waals surface area contributed by atoms with Gasteiger partial charge < -0.3 is 9.47 Å². The van der Waals surface area contributed by atoms with Crippen LogP contribution in [0.15, 0.2) is 54.6 Å². The van der Waals surface area contributed by atoms with Crippen molar-refractivity contribution >= 4 is 11.7 Å². The van der Waals surface area contributed by atoms with Crippen molar-refractivity contribution < 1.29 is 18.7 Å². The Kier molecular flexibility index (Phi) is 5.09. The van der Waals surface area contributed by atoms with Crippen molar-refractivity contribution in [3.63, 3.8) is 0 Å². The van der Waals surface area contributed by atoms with E-state index in [2.05, 4.69) is 0 Å². The van der Waals surface area contributed by atoms with Crippen molar-refractivity contribution in [2.45, 2.75) is 25.1 Å². The highest BCUT2D eigenvalue weighted by Gasteiger charge is 2.39. The van der Waals surface area contributed by atoms with Gasteiger partial charge in [-0.25, -0.2) is 9.18 Å². The van der Waals surface area contributed by atoms with Crippen molar-refractivity contribution in [3.8, 4) is 6.07 Å². The topological polar surface area (TPSA) is 62.6 Å². The molecule has 0 aromatic heterocycles. The zero-order chi connectivity index (χ0) is 19.5. The second kappa shape index (κ2) is 7.83. The second-order valence-electron chi connectivity index (χ2n) is 6.94. The third-order valence-corrected chi connectivity index (χ3v) is 5.01. The van der Waals surface area contributed by atoms with E-state index in [1.807, 2.05) is 42.5 Å². The highest BCUT2D eigenvalue weighted by Crippen LogP contribution is 2.33. The van der Waals surface area contributed by atoms with Crippen molar-refractivity contribution in [1.82, 2.24) is 4.90 Å². The Balaban J connectivity index is 1.53. The first kappa shape index (κ1) is 18.2. The molecule has 2 aromatic rings. The summed E-state index contributed by atoms with van der Waals surface area (Å²) in [4.78, 5) is 14.4. The molecular formula is C22H19FN2O3. The van der Waals surface area contributed by atoms with Crippen LogP contribution in [-0.4, -0.2) is 36.3 Å². The van der Waals surface area contributed by atoms with Gasteiger partial charge >= 0.3 is 6.09 Å². The minimum atomic E-state index is -0.443. The van der Waals surface area contributed by atoms with Gasteiger partial charge in [-0.3, -0.25) is 4.90 Å². The largest absolute Gasteiger partial charge is 0.445 e. The van der Waals surface area contributed by atoms with E-state index in [9.17, 15) is 9.18 Å². The summed E-state index contributed by atoms with van der Waals surface area (Å²) in [5, 5.41) is 9.09. The van der Waals surface area contributed by atoms with Gasteiger partial charge in [0.2, 0.25) is 0 Å².